The predicted octanol–water partition coefficient (Wildman–Crippen LogP) is 4.79. The maximum absolute atomic E-state index is 14.0. The fourth-order valence-electron chi connectivity index (χ4n) is 9.79. The SMILES string of the molecule is CNCC(=O)NC(C(=O)N1Cc2cc(C(=O)NC3C[C@@H](C(=O)N[C@@H]4CCCc5ccccc54)N(C(=O)[C@@H](N)C(C)(C)C)C3)ccc2CC1C)C(C)(C)C.O=CNC1CCCc2ccccc21. The quantitative estimate of drug-likeness (QED) is 0.148. The van der Waals surface area contributed by atoms with Gasteiger partial charge in [-0.3, -0.25) is 28.8 Å². The second-order valence-electron chi connectivity index (χ2n) is 20.7. The largest absolute Gasteiger partial charge is 0.352 e. The third-order valence-electron chi connectivity index (χ3n) is 13.6. The zero-order valence-electron chi connectivity index (χ0n) is 40.2. The topological polar surface area (TPSA) is 195 Å². The van der Waals surface area contributed by atoms with Gasteiger partial charge in [-0.1, -0.05) is 96.1 Å². The maximum Gasteiger partial charge on any atom is 0.251 e. The number of hydrogen-bond donors (Lipinski definition) is 6. The van der Waals surface area contributed by atoms with Crippen LogP contribution in [0.5, 0.6) is 0 Å². The van der Waals surface area contributed by atoms with E-state index in [9.17, 15) is 28.8 Å². The zero-order valence-corrected chi connectivity index (χ0v) is 40.2. The molecule has 2 heterocycles. The van der Waals surface area contributed by atoms with Gasteiger partial charge in [0, 0.05) is 30.7 Å². The molecule has 3 aromatic rings. The van der Waals surface area contributed by atoms with Crippen molar-refractivity contribution in [1.29, 1.82) is 0 Å². The predicted molar refractivity (Wildman–Crippen MR) is 256 cm³/mol. The van der Waals surface area contributed by atoms with E-state index < -0.39 is 35.0 Å². The first-order chi connectivity index (χ1) is 31.3. The first-order valence-electron chi connectivity index (χ1n) is 23.7. The smallest absolute Gasteiger partial charge is 0.251 e. The van der Waals surface area contributed by atoms with Crippen LogP contribution in [0.25, 0.3) is 0 Å². The van der Waals surface area contributed by atoms with Crippen LogP contribution in [0.15, 0.2) is 66.7 Å². The van der Waals surface area contributed by atoms with Crippen LogP contribution in [-0.4, -0.2) is 96.1 Å². The molecule has 2 aliphatic carbocycles. The highest BCUT2D eigenvalue weighted by Crippen LogP contribution is 2.33. The molecule has 6 amide bonds. The van der Waals surface area contributed by atoms with E-state index in [0.29, 0.717) is 18.5 Å². The first kappa shape index (κ1) is 49.8. The maximum atomic E-state index is 14.0. The summed E-state index contributed by atoms with van der Waals surface area (Å²) in [7, 11) is 1.68. The Hall–Kier alpha value is -5.60. The Kier molecular flexibility index (Phi) is 16.1. The molecule has 0 spiro atoms. The molecule has 0 saturated carbocycles. The Labute approximate surface area is 391 Å². The van der Waals surface area contributed by atoms with Gasteiger partial charge in [-0.15, -0.1) is 0 Å². The summed E-state index contributed by atoms with van der Waals surface area (Å²) >= 11 is 0. The highest BCUT2D eigenvalue weighted by Gasteiger charge is 2.45. The van der Waals surface area contributed by atoms with Crippen molar-refractivity contribution in [3.05, 3.63) is 106 Å². The molecule has 66 heavy (non-hydrogen) atoms. The van der Waals surface area contributed by atoms with E-state index in [1.54, 1.807) is 22.9 Å². The van der Waals surface area contributed by atoms with Gasteiger partial charge in [-0.25, -0.2) is 0 Å². The van der Waals surface area contributed by atoms with Crippen molar-refractivity contribution >= 4 is 35.9 Å². The number of likely N-dealkylation sites (tertiary alicyclic amines) is 1. The summed E-state index contributed by atoms with van der Waals surface area (Å²) in [5.41, 5.74) is 12.7. The zero-order chi connectivity index (χ0) is 47.9. The highest BCUT2D eigenvalue weighted by molar-refractivity contribution is 5.96. The third kappa shape index (κ3) is 11.9. The number of nitrogens with two attached hydrogens (primary N) is 1. The number of aryl methyl sites for hydroxylation is 2. The molecule has 7 atom stereocenters. The summed E-state index contributed by atoms with van der Waals surface area (Å²) in [6.07, 6.45) is 7.78. The number of carbonyl (C=O) groups excluding carboxylic acids is 6. The molecule has 14 nitrogen and oxygen atoms in total. The van der Waals surface area contributed by atoms with Crippen LogP contribution in [0, 0.1) is 10.8 Å². The molecule has 7 N–H and O–H groups in total. The number of fused-ring (bicyclic) bond motifs is 3. The molecule has 2 aliphatic heterocycles. The number of likely N-dealkylation sites (N-methyl/N-ethyl adjacent to an activating group) is 1. The third-order valence-corrected chi connectivity index (χ3v) is 13.6. The lowest BCUT2D eigenvalue weighted by Crippen LogP contribution is -2.58. The number of carbonyl (C=O) groups is 6. The van der Waals surface area contributed by atoms with E-state index in [-0.39, 0.29) is 67.2 Å². The summed E-state index contributed by atoms with van der Waals surface area (Å²) in [5.74, 6) is -1.31. The van der Waals surface area contributed by atoms with Crippen LogP contribution in [0.1, 0.15) is 136 Å². The summed E-state index contributed by atoms with van der Waals surface area (Å²) in [6.45, 7) is 14.0. The van der Waals surface area contributed by atoms with Gasteiger partial charge in [0.1, 0.15) is 12.1 Å². The molecule has 7 rings (SSSR count). The van der Waals surface area contributed by atoms with E-state index in [1.165, 1.54) is 23.1 Å². The molecule has 1 fully saturated rings. The van der Waals surface area contributed by atoms with Gasteiger partial charge in [0.2, 0.25) is 30.0 Å². The molecule has 4 aliphatic rings. The summed E-state index contributed by atoms with van der Waals surface area (Å²) < 4.78 is 0. The van der Waals surface area contributed by atoms with Gasteiger partial charge in [0.05, 0.1) is 24.7 Å². The van der Waals surface area contributed by atoms with Crippen molar-refractivity contribution in [3.63, 3.8) is 0 Å². The van der Waals surface area contributed by atoms with E-state index in [2.05, 4.69) is 56.9 Å². The number of nitrogens with one attached hydrogen (secondary N) is 5. The summed E-state index contributed by atoms with van der Waals surface area (Å²) in [5, 5.41) is 14.9. The summed E-state index contributed by atoms with van der Waals surface area (Å²) in [6, 6.07) is 19.2. The van der Waals surface area contributed by atoms with Gasteiger partial charge in [-0.05, 0) is 122 Å². The number of nitrogens with zero attached hydrogens (tertiary/aromatic N) is 2. The standard InChI is InChI=1S/C41H59N7O5.C11H13NO/c1-24-18-26-16-17-27(19-28(26)22-47(24)39(53)35(41(5,6)7)46-33(49)21-43-8)36(50)44-29-20-32(48(23-29)38(52)34(42)40(2,3)4)37(51)45-31-15-11-13-25-12-9-10-14-30(25)31;13-8-12-11-7-3-5-9-4-1-2-6-10(9)11/h9-10,12,14,16-17,19,24,29,31-32,34-35,43H,11,13,15,18,20-23,42H2,1-8H3,(H,44,50)(H,45,51)(H,46,49);1-2,4,6,8,11H,3,5,7H2,(H,12,13)/t24?,29?,31-,32+,34-,35?;/m1./s1. The molecule has 4 unspecified atom stereocenters. The van der Waals surface area contributed by atoms with E-state index in [4.69, 9.17) is 5.73 Å². The number of benzene rings is 3. The van der Waals surface area contributed by atoms with Gasteiger partial charge in [-0.2, -0.15) is 0 Å². The lowest BCUT2D eigenvalue weighted by Gasteiger charge is -2.40. The van der Waals surface area contributed by atoms with Crippen LogP contribution < -0.4 is 32.3 Å². The molecule has 356 valence electrons. The van der Waals surface area contributed by atoms with Crippen LogP contribution >= 0.6 is 0 Å². The van der Waals surface area contributed by atoms with Crippen LogP contribution in [0.3, 0.4) is 0 Å². The Morgan fingerprint density at radius 2 is 1.39 bits per heavy atom. The average Bonchev–Trinajstić information content (AvgIpc) is 3.71. The van der Waals surface area contributed by atoms with Crippen molar-refractivity contribution in [2.24, 2.45) is 16.6 Å². The minimum atomic E-state index is -0.828. The van der Waals surface area contributed by atoms with E-state index in [1.807, 2.05) is 78.8 Å². The molecule has 1 saturated heterocycles. The van der Waals surface area contributed by atoms with Gasteiger partial charge in [0.15, 0.2) is 0 Å². The minimum Gasteiger partial charge on any atom is -0.352 e. The van der Waals surface area contributed by atoms with Gasteiger partial charge < -0.3 is 42.1 Å². The molecule has 0 bridgehead atoms. The Morgan fingerprint density at radius 1 is 0.773 bits per heavy atom. The van der Waals surface area contributed by atoms with Crippen molar-refractivity contribution in [1.82, 2.24) is 36.4 Å². The Morgan fingerprint density at radius 3 is 2.00 bits per heavy atom. The van der Waals surface area contributed by atoms with Crippen molar-refractivity contribution in [3.8, 4) is 0 Å². The van der Waals surface area contributed by atoms with Gasteiger partial charge >= 0.3 is 0 Å². The van der Waals surface area contributed by atoms with E-state index in [0.717, 1.165) is 55.2 Å². The molecular weight excluding hydrogens is 833 g/mol. The normalized spacial score (nSPS) is 22.2. The van der Waals surface area contributed by atoms with Crippen LogP contribution in [-0.2, 0) is 49.8 Å². The molecule has 14 heteroatoms. The second kappa shape index (κ2) is 21.4. The molecular formula is C52H72N8O6. The average molecular weight is 905 g/mol. The van der Waals surface area contributed by atoms with Crippen molar-refractivity contribution in [2.45, 2.75) is 149 Å². The second-order valence-corrected chi connectivity index (χ2v) is 20.7. The fraction of sp³-hybridized carbons (Fsp3) is 0.538. The van der Waals surface area contributed by atoms with Crippen molar-refractivity contribution in [2.75, 3.05) is 20.1 Å². The van der Waals surface area contributed by atoms with Crippen LogP contribution in [0.2, 0.25) is 0 Å². The number of amides is 6. The lowest BCUT2D eigenvalue weighted by molar-refractivity contribution is -0.142. The molecule has 3 aromatic carbocycles. The van der Waals surface area contributed by atoms with Crippen molar-refractivity contribution < 1.29 is 28.8 Å². The molecule has 0 radical (unpaired) electrons. The van der Waals surface area contributed by atoms with E-state index >= 15 is 0 Å². The molecule has 0 aromatic heterocycles. The number of hydrogen-bond acceptors (Lipinski definition) is 8. The Bertz CT molecular complexity index is 2250. The highest BCUT2D eigenvalue weighted by atomic mass is 16.2. The number of rotatable bonds is 11. The van der Waals surface area contributed by atoms with Crippen LogP contribution in [0.4, 0.5) is 0 Å². The minimum absolute atomic E-state index is 0.104. The monoisotopic (exact) mass is 905 g/mol. The Balaban J connectivity index is 0.000000472. The van der Waals surface area contributed by atoms with Gasteiger partial charge in [0.25, 0.3) is 5.91 Å². The summed E-state index contributed by atoms with van der Waals surface area (Å²) in [4.78, 5) is 81.8. The first-order valence-corrected chi connectivity index (χ1v) is 23.7. The lowest BCUT2D eigenvalue weighted by atomic mass is 9.84. The fourth-order valence-corrected chi connectivity index (χ4v) is 9.79.